The van der Waals surface area contributed by atoms with E-state index >= 15 is 0 Å². The van der Waals surface area contributed by atoms with Gasteiger partial charge < -0.3 is 25.7 Å². The fourth-order valence-corrected chi connectivity index (χ4v) is 3.55. The van der Waals surface area contributed by atoms with Gasteiger partial charge in [0.2, 0.25) is 5.91 Å². The van der Waals surface area contributed by atoms with E-state index in [1.165, 1.54) is 0 Å². The molecular formula is C26H26N6O3. The first kappa shape index (κ1) is 23.5. The number of imidazole rings is 1. The minimum absolute atomic E-state index is 0.0185. The maximum absolute atomic E-state index is 12.5. The van der Waals surface area contributed by atoms with Crippen molar-refractivity contribution in [2.75, 3.05) is 17.2 Å². The number of hydrogen-bond donors (Lipinski definition) is 4. The van der Waals surface area contributed by atoms with E-state index in [4.69, 9.17) is 15.9 Å². The summed E-state index contributed by atoms with van der Waals surface area (Å²) in [6.45, 7) is 0.455. The number of carbonyl (C=O) groups is 2. The third kappa shape index (κ3) is 5.83. The summed E-state index contributed by atoms with van der Waals surface area (Å²) in [6, 6.07) is 21.6. The predicted octanol–water partition coefficient (Wildman–Crippen LogP) is 3.66. The van der Waals surface area contributed by atoms with Crippen molar-refractivity contribution < 1.29 is 14.3 Å². The van der Waals surface area contributed by atoms with E-state index < -0.39 is 5.97 Å². The Morgan fingerprint density at radius 1 is 1.00 bits per heavy atom. The third-order valence-electron chi connectivity index (χ3n) is 5.48. The number of rotatable bonds is 9. The van der Waals surface area contributed by atoms with Crippen LogP contribution in [0.25, 0.3) is 11.0 Å². The molecule has 5 N–H and O–H groups in total. The summed E-state index contributed by atoms with van der Waals surface area (Å²) >= 11 is 0. The van der Waals surface area contributed by atoms with Crippen LogP contribution >= 0.6 is 0 Å². The fraction of sp³-hybridized carbons (Fsp3) is 0.154. The molecule has 9 nitrogen and oxygen atoms in total. The molecule has 0 fully saturated rings. The summed E-state index contributed by atoms with van der Waals surface area (Å²) in [5, 5.41) is 13.5. The number of nitrogens with one attached hydrogen (secondary N) is 3. The van der Waals surface area contributed by atoms with Crippen molar-refractivity contribution >= 4 is 40.1 Å². The molecular weight excluding hydrogens is 444 g/mol. The van der Waals surface area contributed by atoms with Gasteiger partial charge in [-0.15, -0.1) is 0 Å². The molecule has 0 aliphatic carbocycles. The first-order valence-corrected chi connectivity index (χ1v) is 11.1. The van der Waals surface area contributed by atoms with E-state index in [1.54, 1.807) is 36.4 Å². The Kier molecular flexibility index (Phi) is 7.06. The van der Waals surface area contributed by atoms with Gasteiger partial charge in [-0.25, -0.2) is 9.78 Å². The summed E-state index contributed by atoms with van der Waals surface area (Å²) in [6.07, 6.45) is 0.0652. The van der Waals surface area contributed by atoms with Crippen molar-refractivity contribution in [2.45, 2.75) is 13.0 Å². The molecule has 1 aromatic heterocycles. The van der Waals surface area contributed by atoms with Crippen LogP contribution in [0, 0.1) is 5.41 Å². The molecule has 0 aliphatic rings. The average Bonchev–Trinajstić information content (AvgIpc) is 3.18. The Labute approximate surface area is 202 Å². The highest BCUT2D eigenvalue weighted by Crippen LogP contribution is 2.19. The van der Waals surface area contributed by atoms with Crippen molar-refractivity contribution in [1.82, 2.24) is 9.55 Å². The number of amidine groups is 1. The van der Waals surface area contributed by atoms with Crippen LogP contribution in [0.5, 0.6) is 0 Å². The van der Waals surface area contributed by atoms with Crippen LogP contribution in [0.15, 0.2) is 72.8 Å². The Morgan fingerprint density at radius 2 is 1.71 bits per heavy atom. The lowest BCUT2D eigenvalue weighted by molar-refractivity contribution is -0.116. The largest absolute Gasteiger partial charge is 0.462 e. The molecule has 35 heavy (non-hydrogen) atoms. The number of para-hydroxylation sites is 1. The number of carbonyl (C=O) groups excluding carboxylic acids is 2. The predicted molar refractivity (Wildman–Crippen MR) is 135 cm³/mol. The number of aryl methyl sites for hydroxylation is 1. The highest BCUT2D eigenvalue weighted by molar-refractivity contribution is 5.95. The molecule has 0 saturated heterocycles. The van der Waals surface area contributed by atoms with Crippen LogP contribution in [-0.4, -0.2) is 33.9 Å². The van der Waals surface area contributed by atoms with Crippen LogP contribution < -0.4 is 16.4 Å². The molecule has 0 bridgehead atoms. The molecule has 1 amide bonds. The standard InChI is InChI=1S/C26H26N6O3/c1-32-22-12-9-18(26(34)35-14-13-24(33)30-20-5-3-2-4-6-20)15-21(22)31-23(32)16-29-19-10-7-17(8-11-19)25(27)28/h2-12,15,29H,13-14,16H2,1H3,(H3,27,28)(H,30,33). The van der Waals surface area contributed by atoms with Crippen LogP contribution in [0.2, 0.25) is 0 Å². The smallest absolute Gasteiger partial charge is 0.338 e. The van der Waals surface area contributed by atoms with Gasteiger partial charge in [0, 0.05) is 24.0 Å². The molecule has 0 radical (unpaired) electrons. The summed E-state index contributed by atoms with van der Waals surface area (Å²) in [4.78, 5) is 29.1. The zero-order valence-corrected chi connectivity index (χ0v) is 19.2. The van der Waals surface area contributed by atoms with E-state index in [9.17, 15) is 9.59 Å². The Balaban J connectivity index is 1.34. The number of aromatic nitrogens is 2. The molecule has 0 aliphatic heterocycles. The first-order chi connectivity index (χ1) is 16.9. The van der Waals surface area contributed by atoms with Crippen LogP contribution in [0.1, 0.15) is 28.2 Å². The number of nitrogens with two attached hydrogens (primary N) is 1. The molecule has 9 heteroatoms. The Morgan fingerprint density at radius 3 is 2.43 bits per heavy atom. The van der Waals surface area contributed by atoms with Crippen molar-refractivity contribution in [1.29, 1.82) is 5.41 Å². The highest BCUT2D eigenvalue weighted by Gasteiger charge is 2.13. The van der Waals surface area contributed by atoms with E-state index in [2.05, 4.69) is 15.6 Å². The van der Waals surface area contributed by atoms with Gasteiger partial charge in [-0.05, 0) is 54.6 Å². The zero-order valence-electron chi connectivity index (χ0n) is 19.2. The fourth-order valence-electron chi connectivity index (χ4n) is 3.55. The number of amides is 1. The van der Waals surface area contributed by atoms with Gasteiger partial charge in [-0.1, -0.05) is 18.2 Å². The summed E-state index contributed by atoms with van der Waals surface area (Å²) in [7, 11) is 1.91. The van der Waals surface area contributed by atoms with Crippen LogP contribution in [0.3, 0.4) is 0 Å². The van der Waals surface area contributed by atoms with Crippen molar-refractivity contribution in [3.05, 3.63) is 89.7 Å². The van der Waals surface area contributed by atoms with E-state index in [0.717, 1.165) is 17.0 Å². The molecule has 1 heterocycles. The average molecular weight is 471 g/mol. The minimum atomic E-state index is -0.504. The molecule has 3 aromatic carbocycles. The minimum Gasteiger partial charge on any atom is -0.462 e. The molecule has 0 spiro atoms. The maximum atomic E-state index is 12.5. The maximum Gasteiger partial charge on any atom is 0.338 e. The number of hydrogen-bond acceptors (Lipinski definition) is 6. The van der Waals surface area contributed by atoms with E-state index in [1.807, 2.05) is 48.0 Å². The highest BCUT2D eigenvalue weighted by atomic mass is 16.5. The van der Waals surface area contributed by atoms with Gasteiger partial charge >= 0.3 is 5.97 Å². The third-order valence-corrected chi connectivity index (χ3v) is 5.48. The van der Waals surface area contributed by atoms with Crippen molar-refractivity contribution in [3.8, 4) is 0 Å². The van der Waals surface area contributed by atoms with Crippen molar-refractivity contribution in [2.24, 2.45) is 12.8 Å². The van der Waals surface area contributed by atoms with Crippen molar-refractivity contribution in [3.63, 3.8) is 0 Å². The van der Waals surface area contributed by atoms with Gasteiger partial charge in [-0.2, -0.15) is 0 Å². The SMILES string of the molecule is Cn1c(CNc2ccc(C(=N)N)cc2)nc2cc(C(=O)OCCC(=O)Nc3ccccc3)ccc21. The number of ether oxygens (including phenoxy) is 1. The number of fused-ring (bicyclic) bond motifs is 1. The lowest BCUT2D eigenvalue weighted by Crippen LogP contribution is -2.16. The number of esters is 1. The topological polar surface area (TPSA) is 135 Å². The summed E-state index contributed by atoms with van der Waals surface area (Å²) < 4.78 is 7.24. The number of nitrogens with zero attached hydrogens (tertiary/aromatic N) is 2. The molecule has 0 unspecified atom stereocenters. The van der Waals surface area contributed by atoms with Gasteiger partial charge in [0.15, 0.2) is 0 Å². The molecule has 0 saturated carbocycles. The van der Waals surface area contributed by atoms with Crippen LogP contribution in [-0.2, 0) is 23.1 Å². The normalized spacial score (nSPS) is 10.7. The number of anilines is 2. The molecule has 0 atom stereocenters. The molecule has 178 valence electrons. The van der Waals surface area contributed by atoms with Gasteiger partial charge in [0.1, 0.15) is 18.3 Å². The Bertz CT molecular complexity index is 1360. The van der Waals surface area contributed by atoms with E-state index in [0.29, 0.717) is 28.9 Å². The molecule has 4 rings (SSSR count). The van der Waals surface area contributed by atoms with Gasteiger partial charge in [0.25, 0.3) is 0 Å². The number of benzene rings is 3. The van der Waals surface area contributed by atoms with E-state index in [-0.39, 0.29) is 24.8 Å². The first-order valence-electron chi connectivity index (χ1n) is 11.1. The van der Waals surface area contributed by atoms with Gasteiger partial charge in [0.05, 0.1) is 29.6 Å². The zero-order chi connectivity index (χ0) is 24.8. The second kappa shape index (κ2) is 10.5. The lowest BCUT2D eigenvalue weighted by Gasteiger charge is -2.07. The molecule has 4 aromatic rings. The van der Waals surface area contributed by atoms with Gasteiger partial charge in [-0.3, -0.25) is 10.2 Å². The van der Waals surface area contributed by atoms with Crippen LogP contribution in [0.4, 0.5) is 11.4 Å². The number of nitrogen functional groups attached to an aromatic ring is 1. The monoisotopic (exact) mass is 470 g/mol. The Hall–Kier alpha value is -4.66. The second-order valence-corrected chi connectivity index (χ2v) is 7.94. The summed E-state index contributed by atoms with van der Waals surface area (Å²) in [5.74, 6) is 0.0861. The quantitative estimate of drug-likeness (QED) is 0.168. The second-order valence-electron chi connectivity index (χ2n) is 7.94. The summed E-state index contributed by atoms with van der Waals surface area (Å²) in [5.41, 5.74) is 9.66. The lowest BCUT2D eigenvalue weighted by atomic mass is 10.2.